The third kappa shape index (κ3) is 3.48. The highest BCUT2D eigenvalue weighted by atomic mass is 17.3. The van der Waals surface area contributed by atoms with Crippen molar-refractivity contribution in [2.75, 3.05) is 0 Å². The van der Waals surface area contributed by atoms with E-state index in [0.29, 0.717) is 6.54 Å². The zero-order chi connectivity index (χ0) is 16.3. The van der Waals surface area contributed by atoms with Crippen LogP contribution in [0, 0.1) is 0 Å². The van der Waals surface area contributed by atoms with E-state index in [-0.39, 0.29) is 5.78 Å². The average molecular weight is 313 g/mol. The summed E-state index contributed by atoms with van der Waals surface area (Å²) >= 11 is 0. The van der Waals surface area contributed by atoms with Gasteiger partial charge in [-0.15, -0.1) is 5.06 Å². The van der Waals surface area contributed by atoms with Gasteiger partial charge in [-0.25, -0.2) is 9.73 Å². The number of nitrogens with zero attached hydrogens (tertiary/aromatic N) is 1. The van der Waals surface area contributed by atoms with Crippen LogP contribution >= 0.6 is 0 Å². The van der Waals surface area contributed by atoms with E-state index in [2.05, 4.69) is 0 Å². The molecule has 0 saturated carbocycles. The molecule has 1 saturated heterocycles. The molecular formula is C18H19NO4. The number of Topliss-reactive ketones (excluding diaryl/α,β-unsaturated/α-hetero) is 1. The molecule has 0 aliphatic carbocycles. The standard InChI is InChI=1S/C18H19NO4/c1-14(20)18(2)22-19(13-15-9-5-3-6-10-15)17(21-23-18)16-11-7-4-8-12-16/h3-12,17H,13H2,1-2H3. The first-order chi connectivity index (χ1) is 11.1. The highest BCUT2D eigenvalue weighted by Gasteiger charge is 2.44. The van der Waals surface area contributed by atoms with Crippen LogP contribution in [0.2, 0.25) is 0 Å². The Labute approximate surface area is 135 Å². The van der Waals surface area contributed by atoms with Crippen LogP contribution < -0.4 is 0 Å². The van der Waals surface area contributed by atoms with Gasteiger partial charge in [0.1, 0.15) is 0 Å². The first-order valence-corrected chi connectivity index (χ1v) is 7.49. The predicted molar refractivity (Wildman–Crippen MR) is 83.5 cm³/mol. The number of carbonyl (C=O) groups is 1. The van der Waals surface area contributed by atoms with Gasteiger partial charge in [-0.1, -0.05) is 60.7 Å². The zero-order valence-electron chi connectivity index (χ0n) is 13.1. The molecule has 0 N–H and O–H groups in total. The molecule has 23 heavy (non-hydrogen) atoms. The topological polar surface area (TPSA) is 48.0 Å². The van der Waals surface area contributed by atoms with Crippen LogP contribution in [-0.2, 0) is 26.0 Å². The van der Waals surface area contributed by atoms with Gasteiger partial charge < -0.3 is 0 Å². The van der Waals surface area contributed by atoms with E-state index in [9.17, 15) is 4.79 Å². The number of ketones is 1. The Hall–Kier alpha value is -2.05. The van der Waals surface area contributed by atoms with Crippen LogP contribution in [0.3, 0.4) is 0 Å². The fourth-order valence-corrected chi connectivity index (χ4v) is 2.31. The van der Waals surface area contributed by atoms with Crippen molar-refractivity contribution in [3.8, 4) is 0 Å². The maximum absolute atomic E-state index is 11.8. The van der Waals surface area contributed by atoms with Crippen molar-refractivity contribution < 1.29 is 19.4 Å². The van der Waals surface area contributed by atoms with Crippen LogP contribution in [0.15, 0.2) is 60.7 Å². The molecule has 0 radical (unpaired) electrons. The summed E-state index contributed by atoms with van der Waals surface area (Å²) in [6.07, 6.45) is -0.552. The molecule has 0 aromatic heterocycles. The van der Waals surface area contributed by atoms with Crippen LogP contribution in [0.25, 0.3) is 0 Å². The minimum atomic E-state index is -1.44. The first-order valence-electron chi connectivity index (χ1n) is 7.49. The normalized spacial score (nSPS) is 25.2. The lowest BCUT2D eigenvalue weighted by Crippen LogP contribution is -2.52. The predicted octanol–water partition coefficient (Wildman–Crippen LogP) is 3.39. The summed E-state index contributed by atoms with van der Waals surface area (Å²) in [5.41, 5.74) is 1.93. The molecule has 0 amide bonds. The van der Waals surface area contributed by atoms with Crippen molar-refractivity contribution in [2.45, 2.75) is 32.4 Å². The Balaban J connectivity index is 1.88. The van der Waals surface area contributed by atoms with Gasteiger partial charge >= 0.3 is 0 Å². The minimum absolute atomic E-state index is 0.262. The van der Waals surface area contributed by atoms with Crippen LogP contribution in [0.5, 0.6) is 0 Å². The Morgan fingerprint density at radius 2 is 1.70 bits per heavy atom. The molecule has 1 aliphatic heterocycles. The molecule has 1 heterocycles. The van der Waals surface area contributed by atoms with E-state index in [1.54, 1.807) is 12.0 Å². The van der Waals surface area contributed by atoms with Crippen molar-refractivity contribution in [1.29, 1.82) is 0 Å². The number of carbonyl (C=O) groups excluding carboxylic acids is 1. The summed E-state index contributed by atoms with van der Waals surface area (Å²) in [5.74, 6) is -1.71. The number of rotatable bonds is 4. The summed E-state index contributed by atoms with van der Waals surface area (Å²) < 4.78 is 0. The van der Waals surface area contributed by atoms with Crippen molar-refractivity contribution in [2.24, 2.45) is 0 Å². The third-order valence-corrected chi connectivity index (χ3v) is 3.76. The van der Waals surface area contributed by atoms with E-state index in [4.69, 9.17) is 14.6 Å². The third-order valence-electron chi connectivity index (χ3n) is 3.76. The maximum Gasteiger partial charge on any atom is 0.274 e. The molecule has 2 unspecified atom stereocenters. The van der Waals surface area contributed by atoms with E-state index < -0.39 is 12.0 Å². The molecule has 0 spiro atoms. The second-order valence-electron chi connectivity index (χ2n) is 5.60. The lowest BCUT2D eigenvalue weighted by atomic mass is 10.1. The quantitative estimate of drug-likeness (QED) is 0.810. The fraction of sp³-hybridized carbons (Fsp3) is 0.278. The second kappa shape index (κ2) is 6.60. The fourth-order valence-electron chi connectivity index (χ4n) is 2.31. The van der Waals surface area contributed by atoms with Crippen molar-refractivity contribution in [1.82, 2.24) is 5.06 Å². The molecule has 5 heteroatoms. The molecule has 0 bridgehead atoms. The van der Waals surface area contributed by atoms with E-state index in [0.717, 1.165) is 11.1 Å². The van der Waals surface area contributed by atoms with Crippen LogP contribution in [-0.4, -0.2) is 16.6 Å². The number of hydroxylamine groups is 2. The van der Waals surface area contributed by atoms with E-state index in [1.165, 1.54) is 6.92 Å². The molecule has 2 atom stereocenters. The van der Waals surface area contributed by atoms with Crippen molar-refractivity contribution in [3.05, 3.63) is 71.8 Å². The Morgan fingerprint density at radius 1 is 1.09 bits per heavy atom. The molecular weight excluding hydrogens is 294 g/mol. The largest absolute Gasteiger partial charge is 0.294 e. The summed E-state index contributed by atoms with van der Waals surface area (Å²) in [5, 5.41) is 1.63. The number of benzene rings is 2. The lowest BCUT2D eigenvalue weighted by molar-refractivity contribution is -0.552. The zero-order valence-corrected chi connectivity index (χ0v) is 13.1. The van der Waals surface area contributed by atoms with E-state index in [1.807, 2.05) is 60.7 Å². The number of hydrogen-bond donors (Lipinski definition) is 0. The van der Waals surface area contributed by atoms with Gasteiger partial charge in [0.2, 0.25) is 0 Å². The Bertz CT molecular complexity index is 661. The van der Waals surface area contributed by atoms with Crippen LogP contribution in [0.1, 0.15) is 31.2 Å². The lowest BCUT2D eigenvalue weighted by Gasteiger charge is -2.41. The van der Waals surface area contributed by atoms with Gasteiger partial charge in [-0.3, -0.25) is 4.79 Å². The average Bonchev–Trinajstić information content (AvgIpc) is 2.57. The minimum Gasteiger partial charge on any atom is -0.294 e. The first kappa shape index (κ1) is 15.8. The van der Waals surface area contributed by atoms with Gasteiger partial charge in [0.15, 0.2) is 12.0 Å². The van der Waals surface area contributed by atoms with Crippen LogP contribution in [0.4, 0.5) is 0 Å². The van der Waals surface area contributed by atoms with Gasteiger partial charge in [-0.05, 0) is 5.56 Å². The maximum atomic E-state index is 11.8. The Kier molecular flexibility index (Phi) is 4.54. The summed E-state index contributed by atoms with van der Waals surface area (Å²) in [6.45, 7) is 3.42. The molecule has 1 fully saturated rings. The van der Waals surface area contributed by atoms with Crippen molar-refractivity contribution in [3.63, 3.8) is 0 Å². The monoisotopic (exact) mass is 313 g/mol. The highest BCUT2D eigenvalue weighted by molar-refractivity contribution is 5.82. The van der Waals surface area contributed by atoms with E-state index >= 15 is 0 Å². The molecule has 1 aliphatic rings. The molecule has 2 aromatic carbocycles. The van der Waals surface area contributed by atoms with Gasteiger partial charge in [0.05, 0.1) is 6.54 Å². The summed E-state index contributed by atoms with van der Waals surface area (Å²) in [7, 11) is 0. The van der Waals surface area contributed by atoms with Gasteiger partial charge in [0.25, 0.3) is 5.79 Å². The molecule has 5 nitrogen and oxygen atoms in total. The van der Waals surface area contributed by atoms with Crippen molar-refractivity contribution >= 4 is 5.78 Å². The molecule has 120 valence electrons. The second-order valence-corrected chi connectivity index (χ2v) is 5.60. The molecule has 3 rings (SSSR count). The highest BCUT2D eigenvalue weighted by Crippen LogP contribution is 2.34. The summed E-state index contributed by atoms with van der Waals surface area (Å²) in [4.78, 5) is 28.4. The van der Waals surface area contributed by atoms with Gasteiger partial charge in [-0.2, -0.15) is 4.89 Å². The molecule has 2 aromatic rings. The summed E-state index contributed by atoms with van der Waals surface area (Å²) in [6, 6.07) is 19.5. The Morgan fingerprint density at radius 3 is 2.30 bits per heavy atom. The number of hydrogen-bond acceptors (Lipinski definition) is 5. The smallest absolute Gasteiger partial charge is 0.274 e. The van der Waals surface area contributed by atoms with Gasteiger partial charge in [0, 0.05) is 19.4 Å². The SMILES string of the molecule is CC(=O)C1(C)OOC(c2ccccc2)N(Cc2ccccc2)O1.